The van der Waals surface area contributed by atoms with Crippen molar-refractivity contribution in [1.29, 1.82) is 0 Å². The summed E-state index contributed by atoms with van der Waals surface area (Å²) in [4.78, 5) is 0. The molecular formula is C13H15BrFN3S. The van der Waals surface area contributed by atoms with Gasteiger partial charge in [0, 0.05) is 10.0 Å². The van der Waals surface area contributed by atoms with E-state index in [4.69, 9.17) is 0 Å². The fraction of sp³-hybridized carbons (Fsp3) is 0.385. The summed E-state index contributed by atoms with van der Waals surface area (Å²) in [6.07, 6.45) is 0.954. The van der Waals surface area contributed by atoms with Crippen LogP contribution in [0.3, 0.4) is 0 Å². The number of rotatable bonds is 5. The number of benzene rings is 1. The molecule has 0 aliphatic heterocycles. The molecule has 0 fully saturated rings. The number of halogens is 2. The van der Waals surface area contributed by atoms with Gasteiger partial charge >= 0.3 is 0 Å². The summed E-state index contributed by atoms with van der Waals surface area (Å²) in [6.45, 7) is 5.06. The lowest BCUT2D eigenvalue weighted by Crippen LogP contribution is -2.19. The molecule has 3 nitrogen and oxygen atoms in total. The minimum atomic E-state index is -0.278. The lowest BCUT2D eigenvalue weighted by molar-refractivity contribution is 0.531. The summed E-state index contributed by atoms with van der Waals surface area (Å²) in [6, 6.07) is 4.97. The summed E-state index contributed by atoms with van der Waals surface area (Å²) < 4.78 is 14.1. The fourth-order valence-corrected chi connectivity index (χ4v) is 3.28. The molecule has 1 atom stereocenters. The van der Waals surface area contributed by atoms with Crippen molar-refractivity contribution in [3.05, 3.63) is 33.5 Å². The smallest absolute Gasteiger partial charge is 0.147 e. The minimum Gasteiger partial charge on any atom is -0.308 e. The van der Waals surface area contributed by atoms with Crippen LogP contribution in [0, 0.1) is 5.82 Å². The number of hydrogen-bond donors (Lipinski definition) is 1. The largest absolute Gasteiger partial charge is 0.308 e. The van der Waals surface area contributed by atoms with E-state index in [0.29, 0.717) is 4.47 Å². The number of hydrogen-bond acceptors (Lipinski definition) is 4. The Morgan fingerprint density at radius 1 is 1.32 bits per heavy atom. The first-order valence-electron chi connectivity index (χ1n) is 6.17. The van der Waals surface area contributed by atoms with Crippen molar-refractivity contribution in [1.82, 2.24) is 15.5 Å². The maximum Gasteiger partial charge on any atom is 0.147 e. The van der Waals surface area contributed by atoms with Crippen molar-refractivity contribution in [2.24, 2.45) is 0 Å². The van der Waals surface area contributed by atoms with Crippen molar-refractivity contribution in [2.45, 2.75) is 26.3 Å². The average molecular weight is 344 g/mol. The lowest BCUT2D eigenvalue weighted by Gasteiger charge is -2.10. The van der Waals surface area contributed by atoms with E-state index in [1.807, 2.05) is 6.07 Å². The molecule has 6 heteroatoms. The first-order chi connectivity index (χ1) is 9.13. The lowest BCUT2D eigenvalue weighted by atomic mass is 10.2. The molecule has 0 saturated carbocycles. The fourth-order valence-electron chi connectivity index (χ4n) is 1.82. The summed E-state index contributed by atoms with van der Waals surface area (Å²) in [5.74, 6) is -0.278. The Morgan fingerprint density at radius 3 is 2.74 bits per heavy atom. The highest BCUT2D eigenvalue weighted by molar-refractivity contribution is 9.10. The molecule has 1 N–H and O–H groups in total. The average Bonchev–Trinajstić information content (AvgIpc) is 2.84. The van der Waals surface area contributed by atoms with Crippen molar-refractivity contribution in [3.8, 4) is 10.6 Å². The first kappa shape index (κ1) is 14.6. The summed E-state index contributed by atoms with van der Waals surface area (Å²) in [5, 5.41) is 13.4. The third kappa shape index (κ3) is 3.58. The highest BCUT2D eigenvalue weighted by Crippen LogP contribution is 2.30. The van der Waals surface area contributed by atoms with Gasteiger partial charge in [-0.3, -0.25) is 0 Å². The van der Waals surface area contributed by atoms with Gasteiger partial charge in [0.05, 0.1) is 6.04 Å². The SMILES string of the molecule is CCNC(CC)c1nnc(-c2cc(F)cc(Br)c2)s1. The molecule has 2 rings (SSSR count). The van der Waals surface area contributed by atoms with Gasteiger partial charge < -0.3 is 5.32 Å². The summed E-state index contributed by atoms with van der Waals surface area (Å²) in [7, 11) is 0. The van der Waals surface area contributed by atoms with Crippen molar-refractivity contribution in [2.75, 3.05) is 6.54 Å². The number of nitrogens with one attached hydrogen (secondary N) is 1. The van der Waals surface area contributed by atoms with Gasteiger partial charge in [-0.05, 0) is 31.2 Å². The molecule has 0 spiro atoms. The van der Waals surface area contributed by atoms with Crippen LogP contribution >= 0.6 is 27.3 Å². The normalized spacial score (nSPS) is 12.6. The summed E-state index contributed by atoms with van der Waals surface area (Å²) >= 11 is 4.79. The second-order valence-corrected chi connectivity index (χ2v) is 6.05. The van der Waals surface area contributed by atoms with Crippen LogP contribution in [-0.2, 0) is 0 Å². The number of aromatic nitrogens is 2. The van der Waals surface area contributed by atoms with Gasteiger partial charge in [-0.1, -0.05) is 41.1 Å². The van der Waals surface area contributed by atoms with E-state index >= 15 is 0 Å². The zero-order valence-electron chi connectivity index (χ0n) is 10.8. The summed E-state index contributed by atoms with van der Waals surface area (Å²) in [5.41, 5.74) is 0.752. The molecule has 1 aromatic carbocycles. The van der Waals surface area contributed by atoms with E-state index in [1.54, 1.807) is 0 Å². The molecule has 0 aliphatic rings. The zero-order valence-corrected chi connectivity index (χ0v) is 13.2. The number of nitrogens with zero attached hydrogens (tertiary/aromatic N) is 2. The van der Waals surface area contributed by atoms with Crippen LogP contribution in [0.15, 0.2) is 22.7 Å². The second-order valence-electron chi connectivity index (χ2n) is 4.12. The topological polar surface area (TPSA) is 37.8 Å². The van der Waals surface area contributed by atoms with Gasteiger partial charge in [-0.15, -0.1) is 10.2 Å². The van der Waals surface area contributed by atoms with Crippen LogP contribution in [0.4, 0.5) is 4.39 Å². The van der Waals surface area contributed by atoms with E-state index in [0.717, 1.165) is 28.5 Å². The molecule has 19 heavy (non-hydrogen) atoms. The molecule has 102 valence electrons. The second kappa shape index (κ2) is 6.54. The predicted molar refractivity (Wildman–Crippen MR) is 79.7 cm³/mol. The van der Waals surface area contributed by atoms with Crippen molar-refractivity contribution >= 4 is 27.3 Å². The monoisotopic (exact) mass is 343 g/mol. The molecule has 0 bridgehead atoms. The molecule has 0 radical (unpaired) electrons. The molecule has 1 unspecified atom stereocenters. The van der Waals surface area contributed by atoms with Crippen molar-refractivity contribution < 1.29 is 4.39 Å². The first-order valence-corrected chi connectivity index (χ1v) is 7.78. The Balaban J connectivity index is 2.29. The van der Waals surface area contributed by atoms with E-state index in [1.165, 1.54) is 23.5 Å². The maximum absolute atomic E-state index is 13.4. The third-order valence-corrected chi connectivity index (χ3v) is 4.25. The molecule has 0 aliphatic carbocycles. The molecule has 1 heterocycles. The molecule has 2 aromatic rings. The highest BCUT2D eigenvalue weighted by Gasteiger charge is 2.15. The van der Waals surface area contributed by atoms with Crippen LogP contribution in [0.2, 0.25) is 0 Å². The molecular weight excluding hydrogens is 329 g/mol. The maximum atomic E-state index is 13.4. The van der Waals surface area contributed by atoms with Gasteiger partial charge in [0.25, 0.3) is 0 Å². The van der Waals surface area contributed by atoms with Crippen molar-refractivity contribution in [3.63, 3.8) is 0 Å². The van der Waals surface area contributed by atoms with E-state index in [9.17, 15) is 4.39 Å². The van der Waals surface area contributed by atoms with Crippen LogP contribution < -0.4 is 5.32 Å². The highest BCUT2D eigenvalue weighted by atomic mass is 79.9. The quantitative estimate of drug-likeness (QED) is 0.885. The Morgan fingerprint density at radius 2 is 2.11 bits per heavy atom. The standard InChI is InChI=1S/C13H15BrFN3S/c1-3-11(16-4-2)13-18-17-12(19-13)8-5-9(14)7-10(15)6-8/h5-7,11,16H,3-4H2,1-2H3. The van der Waals surface area contributed by atoms with Gasteiger partial charge in [0.2, 0.25) is 0 Å². The Hall–Kier alpha value is -0.850. The Labute approximate surface area is 124 Å². The minimum absolute atomic E-state index is 0.216. The van der Waals surface area contributed by atoms with Gasteiger partial charge in [-0.25, -0.2) is 4.39 Å². The molecule has 1 aromatic heterocycles. The van der Waals surface area contributed by atoms with Gasteiger partial charge in [-0.2, -0.15) is 0 Å². The van der Waals surface area contributed by atoms with Crippen LogP contribution in [0.1, 0.15) is 31.3 Å². The van der Waals surface area contributed by atoms with Crippen LogP contribution in [0.5, 0.6) is 0 Å². The van der Waals surface area contributed by atoms with E-state index in [2.05, 4.69) is 45.3 Å². The van der Waals surface area contributed by atoms with Gasteiger partial charge in [0.1, 0.15) is 15.8 Å². The zero-order chi connectivity index (χ0) is 13.8. The van der Waals surface area contributed by atoms with Crippen LogP contribution in [-0.4, -0.2) is 16.7 Å². The van der Waals surface area contributed by atoms with E-state index < -0.39 is 0 Å². The Kier molecular flexibility index (Phi) is 5.01. The third-order valence-electron chi connectivity index (χ3n) is 2.71. The predicted octanol–water partition coefficient (Wildman–Crippen LogP) is 4.17. The van der Waals surface area contributed by atoms with Gasteiger partial charge in [0.15, 0.2) is 0 Å². The van der Waals surface area contributed by atoms with Crippen LogP contribution in [0.25, 0.3) is 10.6 Å². The van der Waals surface area contributed by atoms with E-state index in [-0.39, 0.29) is 11.9 Å². The molecule has 0 saturated heterocycles. The Bertz CT molecular complexity index is 538. The molecule has 0 amide bonds.